The van der Waals surface area contributed by atoms with Crippen molar-refractivity contribution in [1.29, 1.82) is 0 Å². The minimum atomic E-state index is -1.51. The fourth-order valence-electron chi connectivity index (χ4n) is 4.62. The molecule has 3 N–H and O–H groups in total. The van der Waals surface area contributed by atoms with Crippen LogP contribution in [0.3, 0.4) is 0 Å². The molecule has 9 nitrogen and oxygen atoms in total. The number of nitrogens with one attached hydrogen (secondary N) is 1. The number of nitrogens with two attached hydrogens (primary N) is 1. The monoisotopic (exact) mass is 524 g/mol. The van der Waals surface area contributed by atoms with Gasteiger partial charge >= 0.3 is 6.09 Å². The first-order chi connectivity index (χ1) is 17.9. The van der Waals surface area contributed by atoms with Crippen molar-refractivity contribution in [3.05, 3.63) is 59.7 Å². The lowest BCUT2D eigenvalue weighted by atomic mass is 9.92. The van der Waals surface area contributed by atoms with E-state index in [4.69, 9.17) is 15.2 Å². The Hall–Kier alpha value is -3.59. The molecule has 1 unspecified atom stereocenters. The van der Waals surface area contributed by atoms with Crippen molar-refractivity contribution in [2.75, 3.05) is 19.6 Å². The van der Waals surface area contributed by atoms with Crippen molar-refractivity contribution in [3.8, 4) is 11.5 Å². The number of carbonyl (C=O) groups excluding carboxylic acids is 3. The molecule has 3 rings (SSSR count). The number of ether oxygens (including phenoxy) is 2. The van der Waals surface area contributed by atoms with Gasteiger partial charge in [0.25, 0.3) is 5.91 Å². The standard InChI is InChI=1S/C29H40N4O5/c1-19(2)32(20(3)4)17-15-31-26(34)25-24-13-12-23(37-22-10-8-7-9-11-22)18-21(24)14-16-33(25)28(36)38-29(5,6)27(30)35/h7-13,18-20,25H,14-17H2,1-6H3,(H2,30,35)(H,31,34). The van der Waals surface area contributed by atoms with E-state index in [0.29, 0.717) is 48.7 Å². The van der Waals surface area contributed by atoms with Crippen LogP contribution in [0.25, 0.3) is 0 Å². The Bertz CT molecular complexity index is 1130. The van der Waals surface area contributed by atoms with E-state index in [1.165, 1.54) is 18.7 Å². The van der Waals surface area contributed by atoms with Crippen LogP contribution in [0.15, 0.2) is 48.5 Å². The third-order valence-electron chi connectivity index (χ3n) is 6.74. The summed E-state index contributed by atoms with van der Waals surface area (Å²) in [6.07, 6.45) is -0.277. The molecule has 1 aliphatic heterocycles. The topological polar surface area (TPSA) is 114 Å². The number of para-hydroxylation sites is 1. The molecule has 206 valence electrons. The van der Waals surface area contributed by atoms with E-state index < -0.39 is 23.6 Å². The van der Waals surface area contributed by atoms with Crippen molar-refractivity contribution in [2.24, 2.45) is 5.73 Å². The second kappa shape index (κ2) is 12.3. The van der Waals surface area contributed by atoms with Crippen LogP contribution < -0.4 is 15.8 Å². The van der Waals surface area contributed by atoms with Crippen LogP contribution in [0.2, 0.25) is 0 Å². The number of carbonyl (C=O) groups is 3. The average molecular weight is 525 g/mol. The Morgan fingerprint density at radius 1 is 1.05 bits per heavy atom. The second-order valence-corrected chi connectivity index (χ2v) is 10.6. The van der Waals surface area contributed by atoms with Gasteiger partial charge in [0.05, 0.1) is 0 Å². The van der Waals surface area contributed by atoms with E-state index in [-0.39, 0.29) is 12.5 Å². The zero-order valence-electron chi connectivity index (χ0n) is 23.2. The van der Waals surface area contributed by atoms with Gasteiger partial charge in [-0.05, 0) is 83.4 Å². The number of hydrogen-bond donors (Lipinski definition) is 2. The first-order valence-corrected chi connectivity index (χ1v) is 13.1. The number of hydrogen-bond acceptors (Lipinski definition) is 6. The summed E-state index contributed by atoms with van der Waals surface area (Å²) in [5, 5.41) is 3.01. The van der Waals surface area contributed by atoms with Crippen LogP contribution in [0.4, 0.5) is 4.79 Å². The maximum Gasteiger partial charge on any atom is 0.411 e. The maximum atomic E-state index is 13.6. The van der Waals surface area contributed by atoms with Crippen LogP contribution in [-0.2, 0) is 20.7 Å². The molecule has 1 atom stereocenters. The quantitative estimate of drug-likeness (QED) is 0.485. The number of benzene rings is 2. The number of rotatable bonds is 10. The number of amides is 3. The lowest BCUT2D eigenvalue weighted by Crippen LogP contribution is -2.52. The molecule has 9 heteroatoms. The third-order valence-corrected chi connectivity index (χ3v) is 6.74. The molecule has 0 spiro atoms. The summed E-state index contributed by atoms with van der Waals surface area (Å²) in [5.41, 5.74) is 5.49. The number of fused-ring (bicyclic) bond motifs is 1. The van der Waals surface area contributed by atoms with Gasteiger partial charge in [-0.2, -0.15) is 0 Å². The van der Waals surface area contributed by atoms with E-state index >= 15 is 0 Å². The molecule has 0 saturated heterocycles. The zero-order valence-corrected chi connectivity index (χ0v) is 23.2. The molecule has 0 aliphatic carbocycles. The molecular weight excluding hydrogens is 484 g/mol. The van der Waals surface area contributed by atoms with Gasteiger partial charge in [-0.3, -0.25) is 19.4 Å². The zero-order chi connectivity index (χ0) is 28.0. The fourth-order valence-corrected chi connectivity index (χ4v) is 4.62. The lowest BCUT2D eigenvalue weighted by Gasteiger charge is -2.37. The predicted molar refractivity (Wildman–Crippen MR) is 146 cm³/mol. The molecule has 0 aromatic heterocycles. The molecule has 0 saturated carbocycles. The molecule has 38 heavy (non-hydrogen) atoms. The molecule has 0 fully saturated rings. The second-order valence-electron chi connectivity index (χ2n) is 10.6. The fraction of sp³-hybridized carbons (Fsp3) is 0.483. The van der Waals surface area contributed by atoms with Gasteiger partial charge in [-0.25, -0.2) is 4.79 Å². The van der Waals surface area contributed by atoms with Gasteiger partial charge in [-0.1, -0.05) is 24.3 Å². The minimum absolute atomic E-state index is 0.234. The highest BCUT2D eigenvalue weighted by Gasteiger charge is 2.40. The first-order valence-electron chi connectivity index (χ1n) is 13.1. The third kappa shape index (κ3) is 7.04. The largest absolute Gasteiger partial charge is 0.457 e. The van der Waals surface area contributed by atoms with Crippen molar-refractivity contribution >= 4 is 17.9 Å². The summed E-state index contributed by atoms with van der Waals surface area (Å²) in [4.78, 5) is 42.2. The molecule has 2 aromatic carbocycles. The molecule has 0 radical (unpaired) electrons. The van der Waals surface area contributed by atoms with Crippen LogP contribution in [-0.4, -0.2) is 65.0 Å². The van der Waals surface area contributed by atoms with Crippen molar-refractivity contribution in [2.45, 2.75) is 71.7 Å². The highest BCUT2D eigenvalue weighted by Crippen LogP contribution is 2.34. The van der Waals surface area contributed by atoms with Crippen molar-refractivity contribution < 1.29 is 23.9 Å². The summed E-state index contributed by atoms with van der Waals surface area (Å²) >= 11 is 0. The highest BCUT2D eigenvalue weighted by molar-refractivity contribution is 5.89. The summed E-state index contributed by atoms with van der Waals surface area (Å²) in [6.45, 7) is 12.7. The number of primary amides is 1. The van der Waals surface area contributed by atoms with E-state index in [1.807, 2.05) is 42.5 Å². The van der Waals surface area contributed by atoms with E-state index in [9.17, 15) is 14.4 Å². The molecule has 3 amide bonds. The van der Waals surface area contributed by atoms with Gasteiger partial charge in [0.1, 0.15) is 17.5 Å². The Labute approximate surface area is 225 Å². The average Bonchev–Trinajstić information content (AvgIpc) is 2.85. The van der Waals surface area contributed by atoms with Crippen molar-refractivity contribution in [3.63, 3.8) is 0 Å². The van der Waals surface area contributed by atoms with Gasteiger partial charge in [0.2, 0.25) is 5.91 Å². The Morgan fingerprint density at radius 3 is 2.32 bits per heavy atom. The van der Waals surface area contributed by atoms with Crippen LogP contribution in [0, 0.1) is 0 Å². The molecule has 1 aliphatic rings. The summed E-state index contributed by atoms with van der Waals surface area (Å²) in [7, 11) is 0. The van der Waals surface area contributed by atoms with Crippen LogP contribution in [0.5, 0.6) is 11.5 Å². The highest BCUT2D eigenvalue weighted by atomic mass is 16.6. The van der Waals surface area contributed by atoms with Crippen LogP contribution in [0.1, 0.15) is 58.7 Å². The SMILES string of the molecule is CC(C)N(CCNC(=O)C1c2ccc(Oc3ccccc3)cc2CCN1C(=O)OC(C)(C)C(N)=O)C(C)C. The van der Waals surface area contributed by atoms with Crippen LogP contribution >= 0.6 is 0 Å². The molecule has 1 heterocycles. The predicted octanol–water partition coefficient (Wildman–Crippen LogP) is 4.01. The van der Waals surface area contributed by atoms with Gasteiger partial charge in [0.15, 0.2) is 5.60 Å². The molecule has 2 aromatic rings. The van der Waals surface area contributed by atoms with Gasteiger partial charge in [0, 0.05) is 31.7 Å². The smallest absolute Gasteiger partial charge is 0.411 e. The minimum Gasteiger partial charge on any atom is -0.457 e. The summed E-state index contributed by atoms with van der Waals surface area (Å²) in [6, 6.07) is 14.7. The van der Waals surface area contributed by atoms with E-state index in [2.05, 4.69) is 37.9 Å². The summed E-state index contributed by atoms with van der Waals surface area (Å²) < 4.78 is 11.4. The Balaban J connectivity index is 1.86. The van der Waals surface area contributed by atoms with Gasteiger partial charge in [-0.15, -0.1) is 0 Å². The van der Waals surface area contributed by atoms with Gasteiger partial charge < -0.3 is 20.5 Å². The van der Waals surface area contributed by atoms with E-state index in [1.54, 1.807) is 6.07 Å². The molecule has 0 bridgehead atoms. The normalized spacial score (nSPS) is 15.4. The number of nitrogens with zero attached hydrogens (tertiary/aromatic N) is 2. The van der Waals surface area contributed by atoms with E-state index in [0.717, 1.165) is 5.56 Å². The lowest BCUT2D eigenvalue weighted by molar-refractivity contribution is -0.135. The Kier molecular flexibility index (Phi) is 9.38. The van der Waals surface area contributed by atoms with Crippen molar-refractivity contribution in [1.82, 2.24) is 15.1 Å². The molecular formula is C29H40N4O5. The first kappa shape index (κ1) is 29.0. The summed E-state index contributed by atoms with van der Waals surface area (Å²) in [5.74, 6) is 0.263. The Morgan fingerprint density at radius 2 is 1.71 bits per heavy atom. The maximum absolute atomic E-state index is 13.6.